The Hall–Kier alpha value is -8.46. The van der Waals surface area contributed by atoms with Crippen molar-refractivity contribution in [3.05, 3.63) is 305 Å². The summed E-state index contributed by atoms with van der Waals surface area (Å²) < 4.78 is 6.06. The Balaban J connectivity index is 1.07. The molecule has 10 aromatic carbocycles. The summed E-state index contributed by atoms with van der Waals surface area (Å²) in [6.07, 6.45) is 8.00. The van der Waals surface area contributed by atoms with Crippen LogP contribution in [0.15, 0.2) is 259 Å². The van der Waals surface area contributed by atoms with Crippen LogP contribution in [0.5, 0.6) is 0 Å². The number of benzene rings is 10. The third-order valence-electron chi connectivity index (χ3n) is 16.5. The van der Waals surface area contributed by atoms with E-state index in [4.69, 9.17) is 4.42 Å². The van der Waals surface area contributed by atoms with E-state index >= 15 is 0 Å². The van der Waals surface area contributed by atoms with E-state index in [9.17, 15) is 0 Å². The average molecular weight is 924 g/mol. The van der Waals surface area contributed by atoms with E-state index in [1.165, 1.54) is 110 Å². The molecule has 2 heteroatoms. The van der Waals surface area contributed by atoms with Crippen LogP contribution < -0.4 is 4.90 Å². The fourth-order valence-electron chi connectivity index (χ4n) is 13.3. The topological polar surface area (TPSA) is 16.4 Å². The molecule has 0 radical (unpaired) electrons. The third-order valence-corrected chi connectivity index (χ3v) is 16.5. The van der Waals surface area contributed by atoms with Gasteiger partial charge in [-0.2, -0.15) is 0 Å². The Labute approximate surface area is 422 Å². The Morgan fingerprint density at radius 1 is 0.347 bits per heavy atom. The predicted octanol–water partition coefficient (Wildman–Crippen LogP) is 18.3. The van der Waals surface area contributed by atoms with Crippen molar-refractivity contribution in [2.75, 3.05) is 4.90 Å². The molecule has 3 aliphatic carbocycles. The molecule has 0 saturated heterocycles. The summed E-state index contributed by atoms with van der Waals surface area (Å²) in [5.41, 5.74) is 22.2. The summed E-state index contributed by atoms with van der Waals surface area (Å²) in [4.78, 5) is 2.58. The normalized spacial score (nSPS) is 15.1. The molecule has 1 heterocycles. The van der Waals surface area contributed by atoms with Crippen molar-refractivity contribution >= 4 is 28.0 Å². The van der Waals surface area contributed by atoms with Crippen LogP contribution in [0.4, 0.5) is 17.1 Å². The summed E-state index contributed by atoms with van der Waals surface area (Å²) in [7, 11) is 0. The lowest BCUT2D eigenvalue weighted by Gasteiger charge is -2.36. The summed E-state index contributed by atoms with van der Waals surface area (Å²) in [5, 5.41) is 1.11. The molecule has 1 saturated carbocycles. The molecule has 344 valence electrons. The first kappa shape index (κ1) is 42.4. The van der Waals surface area contributed by atoms with Gasteiger partial charge in [0.2, 0.25) is 0 Å². The molecule has 1 fully saturated rings. The standard InChI is InChI=1S/C70H53NO/c1-6-20-48(21-7-1)51-42-52(50-35-34-49-40-41-72-68(49)45-50)44-59(43-51)71(57-36-38-62-60-30-16-18-32-64(60)69(66(62)46-57,53-22-8-2-9-23-53)54-24-10-3-11-25-54)58-37-39-63-61-31-17-19-33-65(61)70(67(63)47-58,55-26-12-4-13-27-55)56-28-14-5-15-29-56/h2-5,8-19,22-48H,1,6-7,20-21H2. The van der Waals surface area contributed by atoms with Crippen LogP contribution >= 0.6 is 0 Å². The van der Waals surface area contributed by atoms with Gasteiger partial charge in [0.25, 0.3) is 0 Å². The van der Waals surface area contributed by atoms with Gasteiger partial charge in [-0.25, -0.2) is 0 Å². The van der Waals surface area contributed by atoms with E-state index in [0.717, 1.165) is 33.6 Å². The van der Waals surface area contributed by atoms with Crippen LogP contribution in [0.2, 0.25) is 0 Å². The smallest absolute Gasteiger partial charge is 0.134 e. The highest BCUT2D eigenvalue weighted by Gasteiger charge is 2.48. The molecular weight excluding hydrogens is 871 g/mol. The first-order chi connectivity index (χ1) is 35.7. The molecule has 1 aromatic heterocycles. The molecule has 0 N–H and O–H groups in total. The molecule has 2 nitrogen and oxygen atoms in total. The molecule has 11 aromatic rings. The molecule has 0 aliphatic heterocycles. The van der Waals surface area contributed by atoms with Crippen LogP contribution in [0.1, 0.15) is 88.1 Å². The van der Waals surface area contributed by atoms with Gasteiger partial charge in [0.15, 0.2) is 0 Å². The van der Waals surface area contributed by atoms with E-state index in [1.807, 2.05) is 0 Å². The Kier molecular flexibility index (Phi) is 10.1. The summed E-state index contributed by atoms with van der Waals surface area (Å²) in [6.45, 7) is 0. The molecule has 0 unspecified atom stereocenters. The maximum Gasteiger partial charge on any atom is 0.134 e. The predicted molar refractivity (Wildman–Crippen MR) is 297 cm³/mol. The highest BCUT2D eigenvalue weighted by Crippen LogP contribution is 2.60. The fourth-order valence-corrected chi connectivity index (χ4v) is 13.3. The molecule has 14 rings (SSSR count). The number of hydrogen-bond acceptors (Lipinski definition) is 2. The van der Waals surface area contributed by atoms with Crippen LogP contribution in [0.25, 0.3) is 44.3 Å². The van der Waals surface area contributed by atoms with Gasteiger partial charge in [-0.05, 0) is 151 Å². The van der Waals surface area contributed by atoms with Gasteiger partial charge in [-0.1, -0.05) is 219 Å². The van der Waals surface area contributed by atoms with Gasteiger partial charge in [-0.3, -0.25) is 0 Å². The van der Waals surface area contributed by atoms with Gasteiger partial charge >= 0.3 is 0 Å². The third kappa shape index (κ3) is 6.48. The number of fused-ring (bicyclic) bond motifs is 7. The largest absolute Gasteiger partial charge is 0.464 e. The van der Waals surface area contributed by atoms with Crippen molar-refractivity contribution in [3.63, 3.8) is 0 Å². The van der Waals surface area contributed by atoms with E-state index in [1.54, 1.807) is 6.26 Å². The van der Waals surface area contributed by atoms with E-state index in [0.29, 0.717) is 5.92 Å². The Bertz CT molecular complexity index is 3530. The number of hydrogen-bond donors (Lipinski definition) is 0. The highest BCUT2D eigenvalue weighted by molar-refractivity contribution is 5.93. The molecule has 0 amide bonds. The minimum absolute atomic E-state index is 0.475. The van der Waals surface area contributed by atoms with Crippen LogP contribution in [-0.4, -0.2) is 0 Å². The van der Waals surface area contributed by atoms with Crippen molar-refractivity contribution in [2.45, 2.75) is 48.9 Å². The maximum absolute atomic E-state index is 6.06. The zero-order chi connectivity index (χ0) is 47.6. The fraction of sp³-hybridized carbons (Fsp3) is 0.114. The van der Waals surface area contributed by atoms with Gasteiger partial charge in [-0.15, -0.1) is 0 Å². The summed E-state index contributed by atoms with van der Waals surface area (Å²) in [6, 6.07) is 93.7. The van der Waals surface area contributed by atoms with Crippen molar-refractivity contribution in [1.82, 2.24) is 0 Å². The van der Waals surface area contributed by atoms with Crippen LogP contribution in [-0.2, 0) is 10.8 Å². The van der Waals surface area contributed by atoms with Gasteiger partial charge in [0.05, 0.1) is 17.1 Å². The van der Waals surface area contributed by atoms with Crippen molar-refractivity contribution in [3.8, 4) is 33.4 Å². The first-order valence-electron chi connectivity index (χ1n) is 25.8. The molecule has 0 atom stereocenters. The highest BCUT2D eigenvalue weighted by atomic mass is 16.3. The zero-order valence-corrected chi connectivity index (χ0v) is 40.2. The van der Waals surface area contributed by atoms with E-state index < -0.39 is 10.8 Å². The van der Waals surface area contributed by atoms with Crippen LogP contribution in [0, 0.1) is 0 Å². The van der Waals surface area contributed by atoms with Crippen molar-refractivity contribution < 1.29 is 4.42 Å². The van der Waals surface area contributed by atoms with Gasteiger partial charge in [0.1, 0.15) is 5.58 Å². The number of rotatable bonds is 9. The molecular formula is C70H53NO. The number of furan rings is 1. The van der Waals surface area contributed by atoms with Gasteiger partial charge in [0, 0.05) is 22.4 Å². The minimum Gasteiger partial charge on any atom is -0.464 e. The van der Waals surface area contributed by atoms with Gasteiger partial charge < -0.3 is 9.32 Å². The summed E-state index contributed by atoms with van der Waals surface area (Å²) in [5.74, 6) is 0.475. The van der Waals surface area contributed by atoms with Crippen LogP contribution in [0.3, 0.4) is 0 Å². The van der Waals surface area contributed by atoms with Crippen molar-refractivity contribution in [2.24, 2.45) is 0 Å². The number of nitrogens with zero attached hydrogens (tertiary/aromatic N) is 1. The number of anilines is 3. The molecule has 3 aliphatic rings. The Morgan fingerprint density at radius 2 is 0.819 bits per heavy atom. The second-order valence-electron chi connectivity index (χ2n) is 20.2. The molecule has 0 spiro atoms. The molecule has 72 heavy (non-hydrogen) atoms. The lowest BCUT2D eigenvalue weighted by atomic mass is 9.67. The minimum atomic E-state index is -0.557. The maximum atomic E-state index is 6.06. The zero-order valence-electron chi connectivity index (χ0n) is 40.2. The second-order valence-corrected chi connectivity index (χ2v) is 20.2. The Morgan fingerprint density at radius 3 is 1.33 bits per heavy atom. The molecule has 0 bridgehead atoms. The second kappa shape index (κ2) is 17.1. The van der Waals surface area contributed by atoms with E-state index in [-0.39, 0.29) is 0 Å². The lowest BCUT2D eigenvalue weighted by molar-refractivity contribution is 0.444. The van der Waals surface area contributed by atoms with Crippen molar-refractivity contribution in [1.29, 1.82) is 0 Å². The average Bonchev–Trinajstić information content (AvgIpc) is 4.14. The monoisotopic (exact) mass is 923 g/mol. The quantitative estimate of drug-likeness (QED) is 0.143. The van der Waals surface area contributed by atoms with E-state index in [2.05, 4.69) is 254 Å². The SMILES string of the molecule is c1ccc(C2(c3ccccc3)c3ccccc3-c3ccc(N(c4cc(-c5ccc6ccoc6c5)cc(C5CCCCC5)c4)c4ccc5c(c4)C(c4ccccc4)(c4ccccc4)c4ccccc4-5)cc32)cc1. The summed E-state index contributed by atoms with van der Waals surface area (Å²) >= 11 is 0. The first-order valence-corrected chi connectivity index (χ1v) is 25.8. The lowest BCUT2D eigenvalue weighted by Crippen LogP contribution is -2.29.